The van der Waals surface area contributed by atoms with Crippen LogP contribution in [0.15, 0.2) is 255 Å². The van der Waals surface area contributed by atoms with E-state index >= 15 is 0 Å². The summed E-state index contributed by atoms with van der Waals surface area (Å²) < 4.78 is 4.98. The molecule has 0 aliphatic carbocycles. The third-order valence-electron chi connectivity index (χ3n) is 12.9. The van der Waals surface area contributed by atoms with Crippen molar-refractivity contribution in [2.45, 2.75) is 0 Å². The highest BCUT2D eigenvalue weighted by molar-refractivity contribution is 7.26. The summed E-state index contributed by atoms with van der Waals surface area (Å²) in [5.74, 6) is 0. The zero-order valence-electron chi connectivity index (χ0n) is 35.1. The predicted octanol–water partition coefficient (Wildman–Crippen LogP) is 13.7. The Balaban J connectivity index is 1.06. The summed E-state index contributed by atoms with van der Waals surface area (Å²) in [5, 5.41) is 10.5. The van der Waals surface area contributed by atoms with E-state index in [9.17, 15) is 0 Å². The van der Waals surface area contributed by atoms with Gasteiger partial charge in [0.1, 0.15) is 0 Å². The maximum atomic E-state index is 2.50. The number of para-hydroxylation sites is 2. The van der Waals surface area contributed by atoms with Gasteiger partial charge in [0.15, 0.2) is 8.07 Å². The molecule has 2 heterocycles. The molecule has 0 N–H and O–H groups in total. The van der Waals surface area contributed by atoms with Crippen LogP contribution in [0.4, 0.5) is 17.1 Å². The Morgan fingerprint density at radius 1 is 0.344 bits per heavy atom. The van der Waals surface area contributed by atoms with Crippen LogP contribution in [0.1, 0.15) is 0 Å². The van der Waals surface area contributed by atoms with Gasteiger partial charge in [-0.05, 0) is 92.5 Å². The highest BCUT2D eigenvalue weighted by atomic mass is 32.1. The van der Waals surface area contributed by atoms with Crippen molar-refractivity contribution in [2.75, 3.05) is 4.90 Å². The second-order valence-electron chi connectivity index (χ2n) is 16.4. The molecule has 0 saturated heterocycles. The Morgan fingerprint density at radius 3 is 1.52 bits per heavy atom. The molecule has 0 radical (unpaired) electrons. The van der Waals surface area contributed by atoms with Gasteiger partial charge in [0, 0.05) is 42.3 Å². The van der Waals surface area contributed by atoms with Crippen LogP contribution in [0.25, 0.3) is 58.8 Å². The fourth-order valence-corrected chi connectivity index (χ4v) is 16.1. The first-order valence-electron chi connectivity index (χ1n) is 21.9. The lowest BCUT2D eigenvalue weighted by atomic mass is 10.0. The first kappa shape index (κ1) is 38.0. The van der Waals surface area contributed by atoms with Gasteiger partial charge in [-0.2, -0.15) is 0 Å². The smallest absolute Gasteiger partial charge is 0.179 e. The lowest BCUT2D eigenvalue weighted by Crippen LogP contribution is -2.74. The average Bonchev–Trinajstić information content (AvgIpc) is 3.93. The van der Waals surface area contributed by atoms with Crippen molar-refractivity contribution in [3.63, 3.8) is 0 Å². The van der Waals surface area contributed by atoms with Crippen LogP contribution >= 0.6 is 11.3 Å². The third kappa shape index (κ3) is 6.14. The van der Waals surface area contributed by atoms with E-state index in [0.29, 0.717) is 0 Å². The molecule has 0 spiro atoms. The van der Waals surface area contributed by atoms with Crippen molar-refractivity contribution >= 4 is 99.2 Å². The molecule has 4 heteroatoms. The molecular formula is C60H42N2SSi. The van der Waals surface area contributed by atoms with Crippen LogP contribution < -0.4 is 25.6 Å². The van der Waals surface area contributed by atoms with Crippen molar-refractivity contribution < 1.29 is 0 Å². The number of anilines is 3. The lowest BCUT2D eigenvalue weighted by molar-refractivity contribution is 1.18. The fraction of sp³-hybridized carbons (Fsp3) is 0. The van der Waals surface area contributed by atoms with Crippen molar-refractivity contribution in [3.8, 4) is 16.8 Å². The Morgan fingerprint density at radius 2 is 0.844 bits per heavy atom. The van der Waals surface area contributed by atoms with Gasteiger partial charge in [0.25, 0.3) is 0 Å². The summed E-state index contributed by atoms with van der Waals surface area (Å²) in [6.45, 7) is 0. The van der Waals surface area contributed by atoms with E-state index in [4.69, 9.17) is 0 Å². The van der Waals surface area contributed by atoms with Gasteiger partial charge < -0.3 is 9.47 Å². The molecule has 64 heavy (non-hydrogen) atoms. The second-order valence-corrected chi connectivity index (χ2v) is 21.3. The van der Waals surface area contributed by atoms with E-state index in [1.165, 1.54) is 73.9 Å². The molecule has 0 amide bonds. The number of thiophene rings is 1. The maximum Gasteiger partial charge on any atom is 0.179 e. The molecule has 2 aromatic heterocycles. The Hall–Kier alpha value is -7.76. The van der Waals surface area contributed by atoms with Crippen molar-refractivity contribution in [1.29, 1.82) is 0 Å². The summed E-state index contributed by atoms with van der Waals surface area (Å²) in [6, 6.07) is 94.1. The molecule has 0 aliphatic heterocycles. The minimum Gasteiger partial charge on any atom is -0.309 e. The summed E-state index contributed by atoms with van der Waals surface area (Å²) in [6.07, 6.45) is 0. The van der Waals surface area contributed by atoms with E-state index < -0.39 is 8.07 Å². The first-order chi connectivity index (χ1) is 31.8. The molecule has 0 unspecified atom stereocenters. The van der Waals surface area contributed by atoms with Crippen LogP contribution in [0.2, 0.25) is 0 Å². The number of aromatic nitrogens is 1. The summed E-state index contributed by atoms with van der Waals surface area (Å²) in [5.41, 5.74) is 9.31. The SMILES string of the molecule is c1ccc(-n2c3ccccc3c3c(N(c4ccc(-c5cccc([Si](c6ccccc6)(c6ccccc6)c6ccccc6)c5)cc4)c4cccc5sc6ccccc6c45)cccc32)cc1. The Labute approximate surface area is 378 Å². The zero-order valence-corrected chi connectivity index (χ0v) is 36.9. The molecule has 2 nitrogen and oxygen atoms in total. The van der Waals surface area contributed by atoms with Gasteiger partial charge in [-0.25, -0.2) is 0 Å². The van der Waals surface area contributed by atoms with E-state index in [-0.39, 0.29) is 0 Å². The van der Waals surface area contributed by atoms with Gasteiger partial charge in [-0.15, -0.1) is 11.3 Å². The van der Waals surface area contributed by atoms with Crippen molar-refractivity contribution in [3.05, 3.63) is 255 Å². The number of rotatable bonds is 9. The Bertz CT molecular complexity index is 3500. The van der Waals surface area contributed by atoms with Gasteiger partial charge in [0.05, 0.1) is 22.4 Å². The topological polar surface area (TPSA) is 8.17 Å². The largest absolute Gasteiger partial charge is 0.309 e. The molecule has 12 rings (SSSR count). The van der Waals surface area contributed by atoms with Crippen LogP contribution in [0, 0.1) is 0 Å². The number of hydrogen-bond donors (Lipinski definition) is 0. The highest BCUT2D eigenvalue weighted by Crippen LogP contribution is 2.48. The number of benzene rings is 10. The molecule has 12 aromatic rings. The quantitative estimate of drug-likeness (QED) is 0.104. The number of nitrogens with zero attached hydrogens (tertiary/aromatic N) is 2. The minimum atomic E-state index is -2.70. The van der Waals surface area contributed by atoms with Crippen molar-refractivity contribution in [2.24, 2.45) is 0 Å². The molecule has 0 aliphatic rings. The molecule has 0 atom stereocenters. The number of fused-ring (bicyclic) bond motifs is 6. The van der Waals surface area contributed by atoms with Gasteiger partial charge >= 0.3 is 0 Å². The molecule has 0 saturated carbocycles. The van der Waals surface area contributed by atoms with E-state index in [1.807, 2.05) is 11.3 Å². The standard InChI is InChI=1S/C60H42N2SSi/c1-5-21-45(22-6-1)61-53-32-15-13-30-51(53)59-54(61)33-18-34-55(59)62(56-35-19-37-58-60(56)52-31-14-16-36-57(52)63-58)46-40-38-43(39-41-46)44-20-17-29-50(42-44)64(47-23-7-2-8-24-47,48-25-9-3-10-26-48)49-27-11-4-12-28-49/h1-42H. The van der Waals surface area contributed by atoms with E-state index in [1.54, 1.807) is 0 Å². The predicted molar refractivity (Wildman–Crippen MR) is 277 cm³/mol. The molecule has 0 bridgehead atoms. The zero-order chi connectivity index (χ0) is 42.5. The first-order valence-corrected chi connectivity index (χ1v) is 24.7. The van der Waals surface area contributed by atoms with E-state index in [2.05, 4.69) is 264 Å². The van der Waals surface area contributed by atoms with Gasteiger partial charge in [-0.3, -0.25) is 0 Å². The summed E-state index contributed by atoms with van der Waals surface area (Å²) in [7, 11) is -2.70. The average molecular weight is 851 g/mol. The van der Waals surface area contributed by atoms with Crippen LogP contribution in [0.5, 0.6) is 0 Å². The molecule has 0 fully saturated rings. The molecule has 302 valence electrons. The monoisotopic (exact) mass is 850 g/mol. The normalized spacial score (nSPS) is 11.8. The fourth-order valence-electron chi connectivity index (χ4n) is 10.2. The van der Waals surface area contributed by atoms with Crippen LogP contribution in [0.3, 0.4) is 0 Å². The van der Waals surface area contributed by atoms with Gasteiger partial charge in [0.2, 0.25) is 0 Å². The van der Waals surface area contributed by atoms with E-state index in [0.717, 1.165) is 22.7 Å². The molecule has 10 aromatic carbocycles. The summed E-state index contributed by atoms with van der Waals surface area (Å²) in [4.78, 5) is 2.50. The highest BCUT2D eigenvalue weighted by Gasteiger charge is 2.41. The molecular weight excluding hydrogens is 809 g/mol. The summed E-state index contributed by atoms with van der Waals surface area (Å²) >= 11 is 1.86. The third-order valence-corrected chi connectivity index (χ3v) is 18.8. The lowest BCUT2D eigenvalue weighted by Gasteiger charge is -2.34. The maximum absolute atomic E-state index is 2.70. The van der Waals surface area contributed by atoms with Crippen LogP contribution in [-0.4, -0.2) is 12.6 Å². The van der Waals surface area contributed by atoms with Crippen LogP contribution in [-0.2, 0) is 0 Å². The van der Waals surface area contributed by atoms with Gasteiger partial charge in [-0.1, -0.05) is 194 Å². The number of hydrogen-bond acceptors (Lipinski definition) is 2. The minimum absolute atomic E-state index is 1.10. The van der Waals surface area contributed by atoms with Crippen molar-refractivity contribution in [1.82, 2.24) is 4.57 Å². The Kier molecular flexibility index (Phi) is 9.40. The second kappa shape index (κ2) is 15.9.